The van der Waals surface area contributed by atoms with Gasteiger partial charge in [-0.1, -0.05) is 19.3 Å². The van der Waals surface area contributed by atoms with E-state index < -0.39 is 5.54 Å². The van der Waals surface area contributed by atoms with E-state index in [2.05, 4.69) is 16.8 Å². The monoisotopic (exact) mass is 336 g/mol. The lowest BCUT2D eigenvalue weighted by Gasteiger charge is -2.45. The maximum atomic E-state index is 13.0. The van der Waals surface area contributed by atoms with E-state index in [1.807, 2.05) is 11.8 Å². The summed E-state index contributed by atoms with van der Waals surface area (Å²) in [6.45, 7) is 8.12. The lowest BCUT2D eigenvalue weighted by molar-refractivity contribution is -0.141. The van der Waals surface area contributed by atoms with Gasteiger partial charge < -0.3 is 15.5 Å². The predicted molar refractivity (Wildman–Crippen MR) is 97.8 cm³/mol. The van der Waals surface area contributed by atoms with Gasteiger partial charge in [-0.3, -0.25) is 9.69 Å². The second-order valence-corrected chi connectivity index (χ2v) is 8.48. The third kappa shape index (κ3) is 3.94. The van der Waals surface area contributed by atoms with Gasteiger partial charge in [0.15, 0.2) is 0 Å². The molecule has 5 nitrogen and oxygen atoms in total. The molecule has 0 unspecified atom stereocenters. The molecule has 1 amide bonds. The standard InChI is InChI=1S/C19H36N4O/c1-19(20,16-6-4-3-5-7-16)18(24)23-14-12-22(13-15-23)17-8-10-21(2)11-9-17/h16-17H,3-15,20H2,1-2H3/t19-/m0/s1. The SMILES string of the molecule is CN1CCC(N2CCN(C(=O)[C@@](C)(N)C3CCCCC3)CC2)CC1. The van der Waals surface area contributed by atoms with Crippen LogP contribution in [0.1, 0.15) is 51.9 Å². The summed E-state index contributed by atoms with van der Waals surface area (Å²) < 4.78 is 0. The van der Waals surface area contributed by atoms with Gasteiger partial charge in [0.25, 0.3) is 0 Å². The minimum Gasteiger partial charge on any atom is -0.339 e. The van der Waals surface area contributed by atoms with E-state index in [1.165, 1.54) is 45.2 Å². The van der Waals surface area contributed by atoms with E-state index in [-0.39, 0.29) is 5.91 Å². The first-order chi connectivity index (χ1) is 11.5. The van der Waals surface area contributed by atoms with Crippen LogP contribution in [0.25, 0.3) is 0 Å². The largest absolute Gasteiger partial charge is 0.339 e. The lowest BCUT2D eigenvalue weighted by atomic mass is 9.75. The highest BCUT2D eigenvalue weighted by Crippen LogP contribution is 2.32. The number of hydrogen-bond donors (Lipinski definition) is 1. The maximum Gasteiger partial charge on any atom is 0.242 e. The Morgan fingerprint density at radius 3 is 2.08 bits per heavy atom. The Labute approximate surface area is 147 Å². The molecular formula is C19H36N4O. The number of nitrogens with zero attached hydrogens (tertiary/aromatic N) is 3. The van der Waals surface area contributed by atoms with Crippen LogP contribution >= 0.6 is 0 Å². The van der Waals surface area contributed by atoms with Crippen LogP contribution in [-0.2, 0) is 4.79 Å². The highest BCUT2D eigenvalue weighted by Gasteiger charge is 2.41. The zero-order chi connectivity index (χ0) is 17.2. The van der Waals surface area contributed by atoms with Crippen molar-refractivity contribution in [1.82, 2.24) is 14.7 Å². The van der Waals surface area contributed by atoms with Crippen molar-refractivity contribution < 1.29 is 4.79 Å². The summed E-state index contributed by atoms with van der Waals surface area (Å²) in [7, 11) is 2.21. The van der Waals surface area contributed by atoms with Gasteiger partial charge in [-0.2, -0.15) is 0 Å². The lowest BCUT2D eigenvalue weighted by Crippen LogP contribution is -2.62. The van der Waals surface area contributed by atoms with Gasteiger partial charge in [0.05, 0.1) is 5.54 Å². The number of hydrogen-bond acceptors (Lipinski definition) is 4. The Morgan fingerprint density at radius 1 is 0.917 bits per heavy atom. The summed E-state index contributed by atoms with van der Waals surface area (Å²) in [5, 5.41) is 0. The topological polar surface area (TPSA) is 52.8 Å². The van der Waals surface area contributed by atoms with Crippen LogP contribution in [-0.4, -0.2) is 78.5 Å². The Balaban J connectivity index is 1.51. The Morgan fingerprint density at radius 2 is 1.50 bits per heavy atom. The van der Waals surface area contributed by atoms with Crippen molar-refractivity contribution in [2.45, 2.75) is 63.5 Å². The van der Waals surface area contributed by atoms with Crippen molar-refractivity contribution in [2.24, 2.45) is 11.7 Å². The van der Waals surface area contributed by atoms with E-state index in [4.69, 9.17) is 5.73 Å². The molecule has 0 bridgehead atoms. The molecule has 3 rings (SSSR count). The van der Waals surface area contributed by atoms with Gasteiger partial charge in [0.2, 0.25) is 5.91 Å². The van der Waals surface area contributed by atoms with E-state index in [1.54, 1.807) is 0 Å². The minimum atomic E-state index is -0.670. The fraction of sp³-hybridized carbons (Fsp3) is 0.947. The molecule has 2 heterocycles. The number of piperidine rings is 1. The van der Waals surface area contributed by atoms with E-state index in [0.29, 0.717) is 12.0 Å². The molecule has 138 valence electrons. The predicted octanol–water partition coefficient (Wildman–Crippen LogP) is 1.52. The molecule has 0 aromatic rings. The van der Waals surface area contributed by atoms with Crippen molar-refractivity contribution in [3.63, 3.8) is 0 Å². The number of piperazine rings is 1. The normalized spacial score (nSPS) is 28.7. The fourth-order valence-electron chi connectivity index (χ4n) is 4.87. The van der Waals surface area contributed by atoms with Crippen molar-refractivity contribution in [3.8, 4) is 0 Å². The van der Waals surface area contributed by atoms with Crippen LogP contribution in [0.3, 0.4) is 0 Å². The quantitative estimate of drug-likeness (QED) is 0.849. The molecule has 3 fully saturated rings. The van der Waals surface area contributed by atoms with Gasteiger partial charge in [-0.25, -0.2) is 0 Å². The first kappa shape index (κ1) is 18.2. The highest BCUT2D eigenvalue weighted by atomic mass is 16.2. The average Bonchev–Trinajstić information content (AvgIpc) is 2.62. The van der Waals surface area contributed by atoms with Crippen molar-refractivity contribution in [1.29, 1.82) is 0 Å². The number of nitrogens with two attached hydrogens (primary N) is 1. The third-order valence-electron chi connectivity index (χ3n) is 6.72. The summed E-state index contributed by atoms with van der Waals surface area (Å²) in [6.07, 6.45) is 8.53. The first-order valence-electron chi connectivity index (χ1n) is 9.99. The number of carbonyl (C=O) groups excluding carboxylic acids is 1. The summed E-state index contributed by atoms with van der Waals surface area (Å²) in [5.41, 5.74) is 5.88. The van der Waals surface area contributed by atoms with Crippen molar-refractivity contribution in [3.05, 3.63) is 0 Å². The number of carbonyl (C=O) groups is 1. The number of amides is 1. The number of rotatable bonds is 3. The summed E-state index contributed by atoms with van der Waals surface area (Å²) in [6, 6.07) is 0.709. The maximum absolute atomic E-state index is 13.0. The third-order valence-corrected chi connectivity index (χ3v) is 6.72. The second-order valence-electron chi connectivity index (χ2n) is 8.48. The fourth-order valence-corrected chi connectivity index (χ4v) is 4.87. The molecule has 0 radical (unpaired) electrons. The Kier molecular flexibility index (Phi) is 5.83. The molecule has 1 aliphatic carbocycles. The molecule has 0 spiro atoms. The van der Waals surface area contributed by atoms with Gasteiger partial charge >= 0.3 is 0 Å². The molecule has 5 heteroatoms. The van der Waals surface area contributed by atoms with Gasteiger partial charge in [-0.05, 0) is 58.7 Å². The van der Waals surface area contributed by atoms with Crippen LogP contribution in [0.5, 0.6) is 0 Å². The van der Waals surface area contributed by atoms with Crippen molar-refractivity contribution >= 4 is 5.91 Å². The molecule has 24 heavy (non-hydrogen) atoms. The Bertz CT molecular complexity index is 417. The van der Waals surface area contributed by atoms with Gasteiger partial charge in [-0.15, -0.1) is 0 Å². The van der Waals surface area contributed by atoms with E-state index >= 15 is 0 Å². The van der Waals surface area contributed by atoms with E-state index in [0.717, 1.165) is 39.0 Å². The van der Waals surface area contributed by atoms with Crippen LogP contribution in [0, 0.1) is 5.92 Å². The minimum absolute atomic E-state index is 0.192. The molecule has 0 aromatic carbocycles. The molecule has 1 atom stereocenters. The van der Waals surface area contributed by atoms with Crippen LogP contribution in [0.15, 0.2) is 0 Å². The van der Waals surface area contributed by atoms with Crippen molar-refractivity contribution in [2.75, 3.05) is 46.3 Å². The van der Waals surface area contributed by atoms with Crippen LogP contribution in [0.4, 0.5) is 0 Å². The highest BCUT2D eigenvalue weighted by molar-refractivity contribution is 5.86. The summed E-state index contributed by atoms with van der Waals surface area (Å²) >= 11 is 0. The van der Waals surface area contributed by atoms with E-state index in [9.17, 15) is 4.79 Å². The second kappa shape index (κ2) is 7.71. The average molecular weight is 337 g/mol. The smallest absolute Gasteiger partial charge is 0.242 e. The molecule has 2 N–H and O–H groups in total. The zero-order valence-electron chi connectivity index (χ0n) is 15.7. The first-order valence-corrected chi connectivity index (χ1v) is 9.99. The molecule has 2 aliphatic heterocycles. The molecule has 1 saturated carbocycles. The zero-order valence-corrected chi connectivity index (χ0v) is 15.7. The molecule has 3 aliphatic rings. The Hall–Kier alpha value is -0.650. The molecule has 2 saturated heterocycles. The molecular weight excluding hydrogens is 300 g/mol. The summed E-state index contributed by atoms with van der Waals surface area (Å²) in [5.74, 6) is 0.558. The molecule has 0 aromatic heterocycles. The van der Waals surface area contributed by atoms with Crippen LogP contribution in [0.2, 0.25) is 0 Å². The van der Waals surface area contributed by atoms with Gasteiger partial charge in [0.1, 0.15) is 0 Å². The number of likely N-dealkylation sites (tertiary alicyclic amines) is 1. The summed E-state index contributed by atoms with van der Waals surface area (Å²) in [4.78, 5) is 20.1. The van der Waals surface area contributed by atoms with Gasteiger partial charge in [0, 0.05) is 32.2 Å². The van der Waals surface area contributed by atoms with Crippen LogP contribution < -0.4 is 5.73 Å².